The number of thiophene rings is 1. The molecule has 0 unspecified atom stereocenters. The van der Waals surface area contributed by atoms with E-state index >= 15 is 0 Å². The van der Waals surface area contributed by atoms with Gasteiger partial charge in [-0.3, -0.25) is 4.79 Å². The van der Waals surface area contributed by atoms with Crippen LogP contribution < -0.4 is 5.32 Å². The van der Waals surface area contributed by atoms with E-state index in [4.69, 9.17) is 0 Å². The molecule has 0 aliphatic carbocycles. The van der Waals surface area contributed by atoms with Gasteiger partial charge in [0.2, 0.25) is 5.91 Å². The summed E-state index contributed by atoms with van der Waals surface area (Å²) >= 11 is 1.06. The molecule has 0 aliphatic rings. The van der Waals surface area contributed by atoms with Gasteiger partial charge in [-0.1, -0.05) is 12.1 Å². The first-order valence-electron chi connectivity index (χ1n) is 5.71. The third-order valence-corrected chi connectivity index (χ3v) is 5.70. The molecule has 0 radical (unpaired) electrons. The Hall–Kier alpha value is -1.73. The van der Waals surface area contributed by atoms with Gasteiger partial charge in [0, 0.05) is 5.69 Å². The van der Waals surface area contributed by atoms with Crippen LogP contribution in [0, 0.1) is 12.7 Å². The second-order valence-corrected chi connectivity index (χ2v) is 7.36. The molecule has 0 fully saturated rings. The molecule has 2 rings (SSSR count). The van der Waals surface area contributed by atoms with Gasteiger partial charge in [0.1, 0.15) is 15.8 Å². The topological polar surface area (TPSA) is 63.2 Å². The van der Waals surface area contributed by atoms with Crippen molar-refractivity contribution in [1.82, 2.24) is 0 Å². The van der Waals surface area contributed by atoms with Crippen molar-refractivity contribution in [1.29, 1.82) is 0 Å². The molecule has 7 heteroatoms. The molecule has 0 atom stereocenters. The van der Waals surface area contributed by atoms with Gasteiger partial charge in [-0.25, -0.2) is 12.8 Å². The summed E-state index contributed by atoms with van der Waals surface area (Å²) in [6.07, 6.45) is 0. The summed E-state index contributed by atoms with van der Waals surface area (Å²) < 4.78 is 37.1. The Labute approximate surface area is 120 Å². The Morgan fingerprint density at radius 1 is 1.35 bits per heavy atom. The minimum Gasteiger partial charge on any atom is -0.325 e. The molecule has 1 aromatic heterocycles. The highest BCUT2D eigenvalue weighted by molar-refractivity contribution is 7.94. The molecule has 1 N–H and O–H groups in total. The molecule has 0 bridgehead atoms. The van der Waals surface area contributed by atoms with Gasteiger partial charge in [-0.15, -0.1) is 11.3 Å². The van der Waals surface area contributed by atoms with Crippen molar-refractivity contribution >= 4 is 32.8 Å². The van der Waals surface area contributed by atoms with Crippen LogP contribution in [0.4, 0.5) is 10.1 Å². The Bertz CT molecular complexity index is 724. The van der Waals surface area contributed by atoms with Gasteiger partial charge < -0.3 is 5.32 Å². The average molecular weight is 313 g/mol. The monoisotopic (exact) mass is 313 g/mol. The van der Waals surface area contributed by atoms with Crippen molar-refractivity contribution < 1.29 is 17.6 Å². The lowest BCUT2D eigenvalue weighted by molar-refractivity contribution is -0.113. The lowest BCUT2D eigenvalue weighted by Gasteiger charge is -2.08. The molecule has 0 saturated carbocycles. The van der Waals surface area contributed by atoms with Gasteiger partial charge >= 0.3 is 0 Å². The standard InChI is InChI=1S/C13H12FNO3S2/c1-9-4-5-10(14)7-11(9)15-12(16)8-20(17,18)13-3-2-6-19-13/h2-7H,8H2,1H3,(H,15,16). The van der Waals surface area contributed by atoms with Crippen molar-refractivity contribution in [2.24, 2.45) is 0 Å². The number of amides is 1. The summed E-state index contributed by atoms with van der Waals surface area (Å²) in [4.78, 5) is 11.8. The number of sulfone groups is 1. The van der Waals surface area contributed by atoms with Crippen LogP contribution in [-0.4, -0.2) is 20.1 Å². The van der Waals surface area contributed by atoms with Gasteiger partial charge in [0.05, 0.1) is 0 Å². The molecule has 1 aromatic carbocycles. The molecule has 0 aliphatic heterocycles. The third kappa shape index (κ3) is 3.43. The van der Waals surface area contributed by atoms with Crippen LogP contribution in [0.3, 0.4) is 0 Å². The van der Waals surface area contributed by atoms with E-state index in [1.807, 2.05) is 0 Å². The highest BCUT2D eigenvalue weighted by Gasteiger charge is 2.20. The molecule has 1 heterocycles. The fourth-order valence-corrected chi connectivity index (χ4v) is 3.82. The van der Waals surface area contributed by atoms with E-state index in [0.29, 0.717) is 5.56 Å². The van der Waals surface area contributed by atoms with E-state index in [9.17, 15) is 17.6 Å². The van der Waals surface area contributed by atoms with Crippen molar-refractivity contribution in [3.8, 4) is 0 Å². The lowest BCUT2D eigenvalue weighted by atomic mass is 10.2. The first kappa shape index (κ1) is 14.7. The smallest absolute Gasteiger partial charge is 0.240 e. The number of carbonyl (C=O) groups is 1. The summed E-state index contributed by atoms with van der Waals surface area (Å²) in [5.74, 6) is -1.84. The molecule has 0 spiro atoms. The van der Waals surface area contributed by atoms with Gasteiger partial charge in [0.25, 0.3) is 0 Å². The number of rotatable bonds is 4. The van der Waals surface area contributed by atoms with Crippen molar-refractivity contribution in [3.05, 3.63) is 47.1 Å². The zero-order valence-electron chi connectivity index (χ0n) is 10.6. The Morgan fingerprint density at radius 2 is 2.10 bits per heavy atom. The van der Waals surface area contributed by atoms with E-state index in [0.717, 1.165) is 17.4 Å². The number of hydrogen-bond donors (Lipinski definition) is 1. The molecular formula is C13H12FNO3S2. The fourth-order valence-electron chi connectivity index (χ4n) is 1.60. The maximum atomic E-state index is 13.1. The summed E-state index contributed by atoms with van der Waals surface area (Å²) in [5.41, 5.74) is 0.935. The number of anilines is 1. The molecule has 106 valence electrons. The quantitative estimate of drug-likeness (QED) is 0.943. The summed E-state index contributed by atoms with van der Waals surface area (Å²) in [6, 6.07) is 6.99. The van der Waals surface area contributed by atoms with Gasteiger partial charge in [-0.2, -0.15) is 0 Å². The largest absolute Gasteiger partial charge is 0.325 e. The maximum Gasteiger partial charge on any atom is 0.240 e. The van der Waals surface area contributed by atoms with E-state index in [-0.39, 0.29) is 9.90 Å². The molecular weight excluding hydrogens is 301 g/mol. The summed E-state index contributed by atoms with van der Waals surface area (Å²) in [7, 11) is -3.65. The minimum atomic E-state index is -3.65. The lowest BCUT2D eigenvalue weighted by Crippen LogP contribution is -2.23. The zero-order valence-corrected chi connectivity index (χ0v) is 12.2. The molecule has 0 saturated heterocycles. The van der Waals surface area contributed by atoms with Crippen LogP contribution in [0.2, 0.25) is 0 Å². The van der Waals surface area contributed by atoms with Crippen LogP contribution in [0.25, 0.3) is 0 Å². The molecule has 4 nitrogen and oxygen atoms in total. The predicted octanol–water partition coefficient (Wildman–Crippen LogP) is 2.61. The van der Waals surface area contributed by atoms with Crippen molar-refractivity contribution in [2.75, 3.05) is 11.1 Å². The first-order chi connectivity index (χ1) is 9.38. The zero-order chi connectivity index (χ0) is 14.8. The van der Waals surface area contributed by atoms with Crippen LogP contribution in [-0.2, 0) is 14.6 Å². The van der Waals surface area contributed by atoms with Crippen LogP contribution in [0.5, 0.6) is 0 Å². The Morgan fingerprint density at radius 3 is 2.75 bits per heavy atom. The van der Waals surface area contributed by atoms with Gasteiger partial charge in [0.15, 0.2) is 9.84 Å². The second-order valence-electron chi connectivity index (χ2n) is 4.20. The van der Waals surface area contributed by atoms with E-state index in [1.165, 1.54) is 18.2 Å². The average Bonchev–Trinajstić information content (AvgIpc) is 2.87. The highest BCUT2D eigenvalue weighted by Crippen LogP contribution is 2.19. The molecule has 20 heavy (non-hydrogen) atoms. The highest BCUT2D eigenvalue weighted by atomic mass is 32.2. The van der Waals surface area contributed by atoms with E-state index in [2.05, 4.69) is 5.32 Å². The van der Waals surface area contributed by atoms with Crippen LogP contribution in [0.1, 0.15) is 5.56 Å². The van der Waals surface area contributed by atoms with Crippen LogP contribution >= 0.6 is 11.3 Å². The number of benzene rings is 1. The fraction of sp³-hybridized carbons (Fsp3) is 0.154. The molecule has 1 amide bonds. The van der Waals surface area contributed by atoms with Gasteiger partial charge in [-0.05, 0) is 36.1 Å². The first-order valence-corrected chi connectivity index (χ1v) is 8.24. The SMILES string of the molecule is Cc1ccc(F)cc1NC(=O)CS(=O)(=O)c1cccs1. The minimum absolute atomic E-state index is 0.142. The number of hydrogen-bond acceptors (Lipinski definition) is 4. The van der Waals surface area contributed by atoms with Crippen molar-refractivity contribution in [2.45, 2.75) is 11.1 Å². The normalized spacial score (nSPS) is 11.3. The predicted molar refractivity (Wildman–Crippen MR) is 76.1 cm³/mol. The number of carbonyl (C=O) groups excluding carboxylic acids is 1. The Balaban J connectivity index is 2.12. The molecule has 2 aromatic rings. The third-order valence-electron chi connectivity index (χ3n) is 2.60. The van der Waals surface area contributed by atoms with E-state index < -0.39 is 27.3 Å². The Kier molecular flexibility index (Phi) is 4.20. The number of halogens is 1. The second kappa shape index (κ2) is 5.72. The summed E-state index contributed by atoms with van der Waals surface area (Å²) in [5, 5.41) is 4.04. The van der Waals surface area contributed by atoms with Crippen LogP contribution in [0.15, 0.2) is 39.9 Å². The number of nitrogens with one attached hydrogen (secondary N) is 1. The maximum absolute atomic E-state index is 13.1. The van der Waals surface area contributed by atoms with E-state index in [1.54, 1.807) is 18.4 Å². The summed E-state index contributed by atoms with van der Waals surface area (Å²) in [6.45, 7) is 1.70. The van der Waals surface area contributed by atoms with Crippen molar-refractivity contribution in [3.63, 3.8) is 0 Å². The number of aryl methyl sites for hydroxylation is 1.